The molecule has 3 N–H and O–H groups in total. The fourth-order valence-corrected chi connectivity index (χ4v) is 2.32. The van der Waals surface area contributed by atoms with Crippen LogP contribution in [0.2, 0.25) is 5.02 Å². The number of amides is 1. The van der Waals surface area contributed by atoms with Crippen molar-refractivity contribution in [2.45, 2.75) is 6.54 Å². The Hall–Kier alpha value is -2.60. The average molecular weight is 319 g/mol. The molecule has 1 amide bonds. The second kappa shape index (κ2) is 5.65. The Kier molecular flexibility index (Phi) is 3.68. The summed E-state index contributed by atoms with van der Waals surface area (Å²) < 4.78 is 15.4. The second-order valence-electron chi connectivity index (χ2n) is 4.76. The van der Waals surface area contributed by atoms with Crippen molar-refractivity contribution in [2.75, 3.05) is 5.73 Å². The number of nitrogen functional groups attached to an aromatic ring is 1. The Labute approximate surface area is 130 Å². The van der Waals surface area contributed by atoms with Crippen molar-refractivity contribution in [3.63, 3.8) is 0 Å². The highest BCUT2D eigenvalue weighted by molar-refractivity contribution is 6.31. The van der Waals surface area contributed by atoms with Crippen LogP contribution in [-0.2, 0) is 6.54 Å². The molecule has 0 fully saturated rings. The number of nitrogens with one attached hydrogen (secondary N) is 1. The molecule has 0 unspecified atom stereocenters. The number of pyridine rings is 1. The molecule has 3 aromatic rings. The summed E-state index contributed by atoms with van der Waals surface area (Å²) in [4.78, 5) is 16.3. The van der Waals surface area contributed by atoms with Gasteiger partial charge in [-0.1, -0.05) is 11.6 Å². The highest BCUT2D eigenvalue weighted by Gasteiger charge is 2.14. The van der Waals surface area contributed by atoms with Gasteiger partial charge in [-0.25, -0.2) is 9.37 Å². The van der Waals surface area contributed by atoms with E-state index in [4.69, 9.17) is 17.3 Å². The molecular weight excluding hydrogens is 307 g/mol. The first-order valence-electron chi connectivity index (χ1n) is 6.49. The predicted octanol–water partition coefficient (Wildman–Crippen LogP) is 2.64. The van der Waals surface area contributed by atoms with Crippen molar-refractivity contribution >= 4 is 28.8 Å². The summed E-state index contributed by atoms with van der Waals surface area (Å²) in [5.74, 6) is -1.20. The number of imidazole rings is 1. The minimum Gasteiger partial charge on any atom is -0.396 e. The molecular formula is C15H12ClFN4O. The van der Waals surface area contributed by atoms with E-state index in [9.17, 15) is 9.18 Å². The number of nitrogens with two attached hydrogens (primary N) is 1. The normalized spacial score (nSPS) is 10.8. The molecule has 2 heterocycles. The zero-order valence-electron chi connectivity index (χ0n) is 11.4. The van der Waals surface area contributed by atoms with E-state index >= 15 is 0 Å². The molecule has 0 spiro atoms. The number of rotatable bonds is 3. The first-order valence-corrected chi connectivity index (χ1v) is 6.87. The Morgan fingerprint density at radius 3 is 3.00 bits per heavy atom. The van der Waals surface area contributed by atoms with Gasteiger partial charge in [-0.05, 0) is 29.8 Å². The lowest BCUT2D eigenvalue weighted by Crippen LogP contribution is -2.24. The Morgan fingerprint density at radius 1 is 1.36 bits per heavy atom. The zero-order chi connectivity index (χ0) is 15.7. The summed E-state index contributed by atoms with van der Waals surface area (Å²) in [6, 6.07) is 6.12. The number of anilines is 1. The van der Waals surface area contributed by atoms with E-state index in [2.05, 4.69) is 10.3 Å². The van der Waals surface area contributed by atoms with E-state index in [1.165, 1.54) is 6.07 Å². The van der Waals surface area contributed by atoms with E-state index in [0.717, 1.165) is 17.3 Å². The SMILES string of the molecule is Nc1c(F)cc(Cl)cc1C(=O)NCc1ccn2ccnc2c1. The van der Waals surface area contributed by atoms with E-state index in [0.29, 0.717) is 0 Å². The van der Waals surface area contributed by atoms with Crippen molar-refractivity contribution in [2.24, 2.45) is 0 Å². The summed E-state index contributed by atoms with van der Waals surface area (Å²) >= 11 is 5.75. The number of benzene rings is 1. The van der Waals surface area contributed by atoms with Gasteiger partial charge < -0.3 is 15.5 Å². The number of fused-ring (bicyclic) bond motifs is 1. The lowest BCUT2D eigenvalue weighted by Gasteiger charge is -2.09. The second-order valence-corrected chi connectivity index (χ2v) is 5.20. The fourth-order valence-electron chi connectivity index (χ4n) is 2.11. The largest absolute Gasteiger partial charge is 0.396 e. The molecule has 0 radical (unpaired) electrons. The van der Waals surface area contributed by atoms with E-state index in [-0.39, 0.29) is 22.8 Å². The number of halogens is 2. The maximum atomic E-state index is 13.5. The lowest BCUT2D eigenvalue weighted by molar-refractivity contribution is 0.0951. The van der Waals surface area contributed by atoms with Crippen LogP contribution in [0, 0.1) is 5.82 Å². The van der Waals surface area contributed by atoms with Gasteiger partial charge in [0.25, 0.3) is 5.91 Å². The summed E-state index contributed by atoms with van der Waals surface area (Å²) in [7, 11) is 0. The first-order chi connectivity index (χ1) is 10.5. The quantitative estimate of drug-likeness (QED) is 0.729. The third-order valence-electron chi connectivity index (χ3n) is 3.25. The van der Waals surface area contributed by atoms with Gasteiger partial charge >= 0.3 is 0 Å². The van der Waals surface area contributed by atoms with Crippen molar-refractivity contribution in [3.8, 4) is 0 Å². The molecule has 0 saturated heterocycles. The van der Waals surface area contributed by atoms with Crippen LogP contribution in [-0.4, -0.2) is 15.3 Å². The van der Waals surface area contributed by atoms with Crippen LogP contribution in [0.1, 0.15) is 15.9 Å². The molecule has 1 aromatic carbocycles. The van der Waals surface area contributed by atoms with Gasteiger partial charge in [-0.15, -0.1) is 0 Å². The molecule has 112 valence electrons. The maximum absolute atomic E-state index is 13.5. The van der Waals surface area contributed by atoms with Crippen molar-refractivity contribution < 1.29 is 9.18 Å². The molecule has 0 bridgehead atoms. The Balaban J connectivity index is 1.77. The number of hydrogen-bond donors (Lipinski definition) is 2. The Morgan fingerprint density at radius 2 is 2.18 bits per heavy atom. The molecule has 0 aliphatic carbocycles. The maximum Gasteiger partial charge on any atom is 0.253 e. The van der Waals surface area contributed by atoms with Gasteiger partial charge in [0.05, 0.1) is 11.3 Å². The minimum absolute atomic E-state index is 0.0203. The van der Waals surface area contributed by atoms with Crippen LogP contribution in [0.4, 0.5) is 10.1 Å². The standard InChI is InChI=1S/C15H12ClFN4O/c16-10-6-11(14(18)12(17)7-10)15(22)20-8-9-1-3-21-4-2-19-13(21)5-9/h1-7H,8,18H2,(H,20,22). The highest BCUT2D eigenvalue weighted by atomic mass is 35.5. The molecule has 2 aromatic heterocycles. The number of hydrogen-bond acceptors (Lipinski definition) is 3. The lowest BCUT2D eigenvalue weighted by atomic mass is 10.1. The number of nitrogens with zero attached hydrogens (tertiary/aromatic N) is 2. The van der Waals surface area contributed by atoms with Crippen LogP contribution in [0.15, 0.2) is 42.9 Å². The van der Waals surface area contributed by atoms with E-state index in [1.54, 1.807) is 6.20 Å². The van der Waals surface area contributed by atoms with E-state index in [1.807, 2.05) is 28.9 Å². The van der Waals surface area contributed by atoms with Crippen LogP contribution in [0.5, 0.6) is 0 Å². The number of carbonyl (C=O) groups is 1. The minimum atomic E-state index is -0.712. The zero-order valence-corrected chi connectivity index (χ0v) is 12.1. The fraction of sp³-hybridized carbons (Fsp3) is 0.0667. The predicted molar refractivity (Wildman–Crippen MR) is 82.2 cm³/mol. The number of carbonyl (C=O) groups excluding carboxylic acids is 1. The molecule has 0 saturated carbocycles. The third kappa shape index (κ3) is 2.73. The van der Waals surface area contributed by atoms with Crippen molar-refractivity contribution in [3.05, 3.63) is 64.8 Å². The third-order valence-corrected chi connectivity index (χ3v) is 3.47. The molecule has 5 nitrogen and oxygen atoms in total. The van der Waals surface area contributed by atoms with Gasteiger partial charge in [0.15, 0.2) is 0 Å². The van der Waals surface area contributed by atoms with Crippen LogP contribution < -0.4 is 11.1 Å². The van der Waals surface area contributed by atoms with Gasteiger partial charge in [-0.3, -0.25) is 4.79 Å². The van der Waals surface area contributed by atoms with E-state index < -0.39 is 11.7 Å². The topological polar surface area (TPSA) is 72.4 Å². The number of aromatic nitrogens is 2. The summed E-state index contributed by atoms with van der Waals surface area (Å²) in [6.07, 6.45) is 5.36. The molecule has 0 aliphatic rings. The van der Waals surface area contributed by atoms with Crippen molar-refractivity contribution in [1.82, 2.24) is 14.7 Å². The molecule has 0 aliphatic heterocycles. The smallest absolute Gasteiger partial charge is 0.253 e. The monoisotopic (exact) mass is 318 g/mol. The average Bonchev–Trinajstić information content (AvgIpc) is 2.96. The van der Waals surface area contributed by atoms with Crippen LogP contribution in [0.25, 0.3) is 5.65 Å². The molecule has 22 heavy (non-hydrogen) atoms. The Bertz CT molecular complexity index is 862. The molecule has 7 heteroatoms. The first kappa shape index (κ1) is 14.3. The van der Waals surface area contributed by atoms with Gasteiger partial charge in [0, 0.05) is 30.2 Å². The molecule has 3 rings (SSSR count). The van der Waals surface area contributed by atoms with Crippen molar-refractivity contribution in [1.29, 1.82) is 0 Å². The van der Waals surface area contributed by atoms with Gasteiger partial charge in [0.2, 0.25) is 0 Å². The van der Waals surface area contributed by atoms with Crippen LogP contribution >= 0.6 is 11.6 Å². The summed E-state index contributed by atoms with van der Waals surface area (Å²) in [5, 5.41) is 2.81. The summed E-state index contributed by atoms with van der Waals surface area (Å²) in [5.41, 5.74) is 7.02. The van der Waals surface area contributed by atoms with Gasteiger partial charge in [-0.2, -0.15) is 0 Å². The van der Waals surface area contributed by atoms with Gasteiger partial charge in [0.1, 0.15) is 11.5 Å². The summed E-state index contributed by atoms with van der Waals surface area (Å²) in [6.45, 7) is 0.274. The molecule has 0 atom stereocenters. The van der Waals surface area contributed by atoms with Crippen LogP contribution in [0.3, 0.4) is 0 Å². The highest BCUT2D eigenvalue weighted by Crippen LogP contribution is 2.22.